The highest BCUT2D eigenvalue weighted by molar-refractivity contribution is 7.80. The van der Waals surface area contributed by atoms with Crippen LogP contribution in [0.5, 0.6) is 5.75 Å². The van der Waals surface area contributed by atoms with Crippen LogP contribution in [0.4, 0.5) is 11.4 Å². The minimum Gasteiger partial charge on any atom is -0.479 e. The summed E-state index contributed by atoms with van der Waals surface area (Å²) in [6, 6.07) is 4.88. The van der Waals surface area contributed by atoms with E-state index in [1.54, 1.807) is 18.2 Å². The average molecular weight is 228 g/mol. The van der Waals surface area contributed by atoms with Crippen molar-refractivity contribution >= 4 is 28.5 Å². The second kappa shape index (κ2) is 3.87. The lowest BCUT2D eigenvalue weighted by Crippen LogP contribution is -2.26. The van der Waals surface area contributed by atoms with Crippen molar-refractivity contribution in [2.24, 2.45) is 0 Å². The van der Waals surface area contributed by atoms with E-state index in [4.69, 9.17) is 9.29 Å². The molecule has 0 bridgehead atoms. The number of ether oxygens (including phenoxy) is 1. The topological polar surface area (TPSA) is 87.7 Å². The summed E-state index contributed by atoms with van der Waals surface area (Å²) in [5.74, 6) is 0.129. The van der Waals surface area contributed by atoms with Crippen molar-refractivity contribution in [2.75, 3.05) is 16.6 Å². The SMILES string of the molecule is O=C1COc2c(cccc2NS(=O)O)N1. The van der Waals surface area contributed by atoms with Gasteiger partial charge in [-0.3, -0.25) is 14.1 Å². The summed E-state index contributed by atoms with van der Waals surface area (Å²) in [4.78, 5) is 11.0. The predicted molar refractivity (Wildman–Crippen MR) is 55.0 cm³/mol. The van der Waals surface area contributed by atoms with Crippen LogP contribution >= 0.6 is 0 Å². The molecule has 6 nitrogen and oxygen atoms in total. The summed E-state index contributed by atoms with van der Waals surface area (Å²) < 4.78 is 26.7. The molecule has 15 heavy (non-hydrogen) atoms. The van der Waals surface area contributed by atoms with E-state index in [-0.39, 0.29) is 12.5 Å². The van der Waals surface area contributed by atoms with Gasteiger partial charge in [-0.25, -0.2) is 4.21 Å². The van der Waals surface area contributed by atoms with Crippen LogP contribution in [-0.2, 0) is 16.1 Å². The number of nitrogens with one attached hydrogen (secondary N) is 2. The Morgan fingerprint density at radius 1 is 1.53 bits per heavy atom. The van der Waals surface area contributed by atoms with Crippen LogP contribution in [0.25, 0.3) is 0 Å². The summed E-state index contributed by atoms with van der Waals surface area (Å²) in [5, 5.41) is 2.59. The zero-order valence-electron chi connectivity index (χ0n) is 7.52. The quantitative estimate of drug-likeness (QED) is 0.645. The van der Waals surface area contributed by atoms with Crippen molar-refractivity contribution in [3.05, 3.63) is 18.2 Å². The molecule has 0 fully saturated rings. The molecule has 0 saturated carbocycles. The monoisotopic (exact) mass is 228 g/mol. The van der Waals surface area contributed by atoms with Crippen molar-refractivity contribution in [2.45, 2.75) is 0 Å². The summed E-state index contributed by atoms with van der Waals surface area (Å²) >= 11 is -2.17. The first-order chi connectivity index (χ1) is 7.16. The molecule has 2 rings (SSSR count). The van der Waals surface area contributed by atoms with Gasteiger partial charge in [-0.2, -0.15) is 0 Å². The smallest absolute Gasteiger partial charge is 0.262 e. The van der Waals surface area contributed by atoms with Gasteiger partial charge in [0.05, 0.1) is 11.4 Å². The third-order valence-corrected chi connectivity index (χ3v) is 2.23. The Morgan fingerprint density at radius 2 is 2.33 bits per heavy atom. The maximum atomic E-state index is 11.0. The fourth-order valence-corrected chi connectivity index (χ4v) is 1.64. The summed E-state index contributed by atoms with van der Waals surface area (Å²) in [5.41, 5.74) is 0.857. The maximum absolute atomic E-state index is 11.0. The molecule has 1 aromatic carbocycles. The number of hydrogen-bond donors (Lipinski definition) is 3. The number of fused-ring (bicyclic) bond motifs is 1. The summed E-state index contributed by atoms with van der Waals surface area (Å²) in [6.07, 6.45) is 0. The van der Waals surface area contributed by atoms with Crippen molar-refractivity contribution in [1.82, 2.24) is 0 Å². The molecule has 3 N–H and O–H groups in total. The minimum atomic E-state index is -2.17. The number of para-hydroxylation sites is 1. The first-order valence-corrected chi connectivity index (χ1v) is 5.20. The number of hydrogen-bond acceptors (Lipinski definition) is 3. The number of amides is 1. The minimum absolute atomic E-state index is 0.0935. The van der Waals surface area contributed by atoms with Crippen LogP contribution < -0.4 is 14.8 Å². The molecule has 1 heterocycles. The first-order valence-electron chi connectivity index (χ1n) is 4.10. The summed E-state index contributed by atoms with van der Waals surface area (Å²) in [6.45, 7) is -0.0935. The van der Waals surface area contributed by atoms with Gasteiger partial charge in [-0.15, -0.1) is 0 Å². The molecule has 1 unspecified atom stereocenters. The van der Waals surface area contributed by atoms with E-state index in [1.165, 1.54) is 0 Å². The number of benzene rings is 1. The lowest BCUT2D eigenvalue weighted by molar-refractivity contribution is -0.118. The molecular weight excluding hydrogens is 220 g/mol. The van der Waals surface area contributed by atoms with Gasteiger partial charge in [0, 0.05) is 0 Å². The van der Waals surface area contributed by atoms with Gasteiger partial charge in [0.25, 0.3) is 17.2 Å². The number of rotatable bonds is 2. The Morgan fingerprint density at radius 3 is 3.07 bits per heavy atom. The Hall–Kier alpha value is -1.60. The van der Waals surface area contributed by atoms with Crippen LogP contribution in [0, 0.1) is 0 Å². The molecule has 1 aliphatic rings. The van der Waals surface area contributed by atoms with Crippen LogP contribution in [-0.4, -0.2) is 21.3 Å². The molecule has 1 aromatic rings. The van der Waals surface area contributed by atoms with Gasteiger partial charge in [0.15, 0.2) is 12.4 Å². The summed E-state index contributed by atoms with van der Waals surface area (Å²) in [7, 11) is 0. The number of carbonyl (C=O) groups excluding carboxylic acids is 1. The molecule has 0 radical (unpaired) electrons. The Bertz CT molecular complexity index is 435. The van der Waals surface area contributed by atoms with Gasteiger partial charge in [-0.1, -0.05) is 6.07 Å². The van der Waals surface area contributed by atoms with Gasteiger partial charge >= 0.3 is 0 Å². The Balaban J connectivity index is 2.37. The van der Waals surface area contributed by atoms with Crippen LogP contribution in [0.3, 0.4) is 0 Å². The van der Waals surface area contributed by atoms with Crippen LogP contribution in [0.1, 0.15) is 0 Å². The van der Waals surface area contributed by atoms with Gasteiger partial charge in [0.2, 0.25) is 0 Å². The van der Waals surface area contributed by atoms with Crippen LogP contribution in [0.2, 0.25) is 0 Å². The Labute approximate surface area is 88.0 Å². The molecule has 0 spiro atoms. The van der Waals surface area contributed by atoms with Crippen molar-refractivity contribution < 1.29 is 18.3 Å². The molecule has 1 atom stereocenters. The third-order valence-electron chi connectivity index (χ3n) is 1.83. The second-order valence-corrected chi connectivity index (χ2v) is 3.57. The molecule has 80 valence electrons. The lowest BCUT2D eigenvalue weighted by Gasteiger charge is -2.20. The van der Waals surface area contributed by atoms with E-state index >= 15 is 0 Å². The normalized spacial score (nSPS) is 15.9. The highest BCUT2D eigenvalue weighted by Gasteiger charge is 2.19. The number of anilines is 2. The molecule has 1 amide bonds. The van der Waals surface area contributed by atoms with Crippen molar-refractivity contribution in [3.63, 3.8) is 0 Å². The van der Waals surface area contributed by atoms with E-state index in [2.05, 4.69) is 10.0 Å². The number of carbonyl (C=O) groups is 1. The third kappa shape index (κ3) is 2.08. The fraction of sp³-hybridized carbons (Fsp3) is 0.125. The van der Waals surface area contributed by atoms with Gasteiger partial charge in [0.1, 0.15) is 0 Å². The van der Waals surface area contributed by atoms with E-state index in [0.717, 1.165) is 0 Å². The predicted octanol–water partition coefficient (Wildman–Crippen LogP) is 0.566. The fourth-order valence-electron chi connectivity index (χ4n) is 1.29. The van der Waals surface area contributed by atoms with Gasteiger partial charge < -0.3 is 10.1 Å². The zero-order chi connectivity index (χ0) is 10.8. The first kappa shape index (κ1) is 9.94. The van der Waals surface area contributed by atoms with Crippen molar-refractivity contribution in [1.29, 1.82) is 0 Å². The molecule has 1 aliphatic heterocycles. The van der Waals surface area contributed by atoms with E-state index in [9.17, 15) is 9.00 Å². The molecule has 7 heteroatoms. The highest BCUT2D eigenvalue weighted by atomic mass is 32.2. The van der Waals surface area contributed by atoms with E-state index < -0.39 is 11.3 Å². The molecular formula is C8H8N2O4S. The standard InChI is InChI=1S/C8H8N2O4S/c11-7-4-14-8-5(9-7)2-1-3-6(8)10-15(12)13/h1-3,10H,4H2,(H,9,11)(H,12,13). The van der Waals surface area contributed by atoms with Crippen LogP contribution in [0.15, 0.2) is 18.2 Å². The van der Waals surface area contributed by atoms with E-state index in [1.807, 2.05) is 0 Å². The Kier molecular flexibility index (Phi) is 2.57. The zero-order valence-corrected chi connectivity index (χ0v) is 8.34. The van der Waals surface area contributed by atoms with Gasteiger partial charge in [-0.05, 0) is 12.1 Å². The average Bonchev–Trinajstić information content (AvgIpc) is 2.16. The maximum Gasteiger partial charge on any atom is 0.262 e. The van der Waals surface area contributed by atoms with Crippen molar-refractivity contribution in [3.8, 4) is 5.75 Å². The largest absolute Gasteiger partial charge is 0.479 e. The second-order valence-electron chi connectivity index (χ2n) is 2.87. The highest BCUT2D eigenvalue weighted by Crippen LogP contribution is 2.35. The van der Waals surface area contributed by atoms with E-state index in [0.29, 0.717) is 17.1 Å². The molecule has 0 saturated heterocycles. The molecule has 0 aromatic heterocycles. The molecule has 0 aliphatic carbocycles. The lowest BCUT2D eigenvalue weighted by atomic mass is 10.2.